The summed E-state index contributed by atoms with van der Waals surface area (Å²) in [6.07, 6.45) is 0.976. The second kappa shape index (κ2) is 14.1. The van der Waals surface area contributed by atoms with Gasteiger partial charge in [0.2, 0.25) is 11.8 Å². The lowest BCUT2D eigenvalue weighted by atomic mass is 10.1. The first-order valence-electron chi connectivity index (χ1n) is 13.6. The van der Waals surface area contributed by atoms with E-state index in [2.05, 4.69) is 5.32 Å². The number of ether oxygens (including phenoxy) is 1. The molecule has 10 heteroatoms. The number of carbonyl (C=O) groups excluding carboxylic acids is 2. The molecule has 0 radical (unpaired) electrons. The molecule has 0 saturated heterocycles. The standard InChI is InChI=1S/C31H38FN3O5S/c1-6-23(4)33-31(37)28(7-2)34(20-24-11-10-12-25(19-24)40-5)30(36)21-35(29-14-9-8-13-27(29)32)41(38,39)26-17-15-22(3)16-18-26/h8-19,23,28H,6-7,20-21H2,1-5H3,(H,33,37)/t23-,28+/m1/s1. The van der Waals surface area contributed by atoms with Crippen molar-refractivity contribution in [2.75, 3.05) is 18.0 Å². The fourth-order valence-corrected chi connectivity index (χ4v) is 5.75. The van der Waals surface area contributed by atoms with Crippen molar-refractivity contribution in [1.82, 2.24) is 10.2 Å². The number of amides is 2. The van der Waals surface area contributed by atoms with E-state index in [9.17, 15) is 18.0 Å². The number of anilines is 1. The van der Waals surface area contributed by atoms with Crippen molar-refractivity contribution in [2.45, 2.75) is 64.1 Å². The molecular weight excluding hydrogens is 545 g/mol. The number of nitrogens with zero attached hydrogens (tertiary/aromatic N) is 2. The summed E-state index contributed by atoms with van der Waals surface area (Å²) in [5.74, 6) is -1.23. The third kappa shape index (κ3) is 7.85. The van der Waals surface area contributed by atoms with E-state index < -0.39 is 34.3 Å². The maximum atomic E-state index is 15.1. The second-order valence-electron chi connectivity index (χ2n) is 9.89. The maximum Gasteiger partial charge on any atom is 0.264 e. The molecule has 2 amide bonds. The molecule has 1 N–H and O–H groups in total. The topological polar surface area (TPSA) is 96.0 Å². The van der Waals surface area contributed by atoms with Crippen LogP contribution in [-0.4, -0.2) is 50.9 Å². The molecule has 0 aliphatic rings. The van der Waals surface area contributed by atoms with Gasteiger partial charge >= 0.3 is 0 Å². The molecule has 0 saturated carbocycles. The van der Waals surface area contributed by atoms with E-state index in [1.54, 1.807) is 43.3 Å². The number of benzene rings is 3. The Morgan fingerprint density at radius 3 is 2.27 bits per heavy atom. The quantitative estimate of drug-likeness (QED) is 0.304. The Morgan fingerprint density at radius 2 is 1.66 bits per heavy atom. The highest BCUT2D eigenvalue weighted by Crippen LogP contribution is 2.27. The lowest BCUT2D eigenvalue weighted by Gasteiger charge is -2.33. The number of halogens is 1. The van der Waals surface area contributed by atoms with E-state index >= 15 is 4.39 Å². The number of hydrogen-bond donors (Lipinski definition) is 1. The van der Waals surface area contributed by atoms with Crippen LogP contribution in [0, 0.1) is 12.7 Å². The number of hydrogen-bond acceptors (Lipinski definition) is 5. The molecule has 3 aromatic carbocycles. The molecule has 3 aromatic rings. The Balaban J connectivity index is 2.08. The van der Waals surface area contributed by atoms with Crippen molar-refractivity contribution in [3.63, 3.8) is 0 Å². The zero-order chi connectivity index (χ0) is 30.2. The molecule has 0 fully saturated rings. The van der Waals surface area contributed by atoms with Crippen LogP contribution in [0.25, 0.3) is 0 Å². The number of para-hydroxylation sites is 1. The van der Waals surface area contributed by atoms with Crippen LogP contribution < -0.4 is 14.4 Å². The lowest BCUT2D eigenvalue weighted by molar-refractivity contribution is -0.140. The van der Waals surface area contributed by atoms with Crippen LogP contribution in [0.2, 0.25) is 0 Å². The van der Waals surface area contributed by atoms with E-state index in [0.29, 0.717) is 17.7 Å². The number of carbonyl (C=O) groups is 2. The first kappa shape index (κ1) is 31.6. The van der Waals surface area contributed by atoms with Crippen molar-refractivity contribution < 1.29 is 27.1 Å². The van der Waals surface area contributed by atoms with Crippen molar-refractivity contribution in [3.8, 4) is 5.75 Å². The molecule has 0 bridgehead atoms. The molecule has 0 unspecified atom stereocenters. The minimum absolute atomic E-state index is 0.0121. The van der Waals surface area contributed by atoms with Gasteiger partial charge in [0.1, 0.15) is 24.2 Å². The van der Waals surface area contributed by atoms with Gasteiger partial charge in [0.15, 0.2) is 0 Å². The predicted molar refractivity (Wildman–Crippen MR) is 158 cm³/mol. The van der Waals surface area contributed by atoms with Gasteiger partial charge in [-0.3, -0.25) is 13.9 Å². The Morgan fingerprint density at radius 1 is 0.976 bits per heavy atom. The van der Waals surface area contributed by atoms with Gasteiger partial charge in [-0.15, -0.1) is 0 Å². The minimum Gasteiger partial charge on any atom is -0.497 e. The largest absolute Gasteiger partial charge is 0.497 e. The summed E-state index contributed by atoms with van der Waals surface area (Å²) in [4.78, 5) is 28.7. The van der Waals surface area contributed by atoms with Gasteiger partial charge in [-0.05, 0) is 68.7 Å². The maximum absolute atomic E-state index is 15.1. The van der Waals surface area contributed by atoms with E-state index in [1.807, 2.05) is 20.8 Å². The van der Waals surface area contributed by atoms with Crippen LogP contribution in [0.1, 0.15) is 44.7 Å². The van der Waals surface area contributed by atoms with Crippen LogP contribution in [0.15, 0.2) is 77.7 Å². The number of nitrogens with one attached hydrogen (secondary N) is 1. The zero-order valence-corrected chi connectivity index (χ0v) is 24.9. The number of methoxy groups -OCH3 is 1. The summed E-state index contributed by atoms with van der Waals surface area (Å²) in [5, 5.41) is 2.93. The predicted octanol–water partition coefficient (Wildman–Crippen LogP) is 5.06. The first-order chi connectivity index (χ1) is 19.5. The molecule has 8 nitrogen and oxygen atoms in total. The number of aryl methyl sites for hydroxylation is 1. The molecule has 3 rings (SSSR count). The molecule has 41 heavy (non-hydrogen) atoms. The van der Waals surface area contributed by atoms with Crippen molar-refractivity contribution in [2.24, 2.45) is 0 Å². The molecule has 220 valence electrons. The normalized spacial score (nSPS) is 12.7. The highest BCUT2D eigenvalue weighted by atomic mass is 32.2. The zero-order valence-electron chi connectivity index (χ0n) is 24.1. The van der Waals surface area contributed by atoms with Gasteiger partial charge in [0.25, 0.3) is 10.0 Å². The minimum atomic E-state index is -4.36. The second-order valence-corrected chi connectivity index (χ2v) is 11.8. The summed E-state index contributed by atoms with van der Waals surface area (Å²) in [5.41, 5.74) is 1.27. The van der Waals surface area contributed by atoms with Gasteiger partial charge in [-0.2, -0.15) is 0 Å². The van der Waals surface area contributed by atoms with Gasteiger partial charge in [-0.1, -0.05) is 55.8 Å². The molecular formula is C31H38FN3O5S. The van der Waals surface area contributed by atoms with Gasteiger partial charge in [0.05, 0.1) is 17.7 Å². The van der Waals surface area contributed by atoms with Crippen LogP contribution in [0.5, 0.6) is 5.75 Å². The monoisotopic (exact) mass is 583 g/mol. The molecule has 0 aromatic heterocycles. The smallest absolute Gasteiger partial charge is 0.264 e. The summed E-state index contributed by atoms with van der Waals surface area (Å²) < 4.78 is 48.8. The Hall–Kier alpha value is -3.92. The fourth-order valence-electron chi connectivity index (χ4n) is 4.33. The summed E-state index contributed by atoms with van der Waals surface area (Å²) in [6.45, 7) is 6.71. The molecule has 0 aliphatic heterocycles. The summed E-state index contributed by atoms with van der Waals surface area (Å²) in [6, 6.07) is 17.6. The molecule has 0 aliphatic carbocycles. The van der Waals surface area contributed by atoms with Gasteiger partial charge < -0.3 is 15.0 Å². The third-order valence-electron chi connectivity index (χ3n) is 6.88. The van der Waals surface area contributed by atoms with Crippen LogP contribution in [-0.2, 0) is 26.2 Å². The van der Waals surface area contributed by atoms with Crippen molar-refractivity contribution in [1.29, 1.82) is 0 Å². The average molecular weight is 584 g/mol. The first-order valence-corrected chi connectivity index (χ1v) is 15.0. The summed E-state index contributed by atoms with van der Waals surface area (Å²) in [7, 11) is -2.83. The van der Waals surface area contributed by atoms with Crippen LogP contribution in [0.4, 0.5) is 10.1 Å². The van der Waals surface area contributed by atoms with Gasteiger partial charge in [0, 0.05) is 12.6 Å². The van der Waals surface area contributed by atoms with Crippen molar-refractivity contribution >= 4 is 27.5 Å². The molecule has 2 atom stereocenters. The third-order valence-corrected chi connectivity index (χ3v) is 8.66. The van der Waals surface area contributed by atoms with E-state index in [1.165, 1.54) is 42.3 Å². The highest BCUT2D eigenvalue weighted by Gasteiger charge is 2.34. The van der Waals surface area contributed by atoms with Crippen LogP contribution in [0.3, 0.4) is 0 Å². The van der Waals surface area contributed by atoms with E-state index in [-0.39, 0.29) is 35.5 Å². The van der Waals surface area contributed by atoms with E-state index in [4.69, 9.17) is 4.74 Å². The molecule has 0 spiro atoms. The summed E-state index contributed by atoms with van der Waals surface area (Å²) >= 11 is 0. The Bertz CT molecular complexity index is 1450. The van der Waals surface area contributed by atoms with Crippen LogP contribution >= 0.6 is 0 Å². The number of rotatable bonds is 13. The van der Waals surface area contributed by atoms with Crippen molar-refractivity contribution in [3.05, 3.63) is 89.7 Å². The molecule has 0 heterocycles. The SMILES string of the molecule is CC[C@@H](C)NC(=O)[C@H](CC)N(Cc1cccc(OC)c1)C(=O)CN(c1ccccc1F)S(=O)(=O)c1ccc(C)cc1. The average Bonchev–Trinajstić information content (AvgIpc) is 2.96. The Labute approximate surface area is 242 Å². The van der Waals surface area contributed by atoms with E-state index in [0.717, 1.165) is 15.9 Å². The lowest BCUT2D eigenvalue weighted by Crippen LogP contribution is -2.53. The fraction of sp³-hybridized carbons (Fsp3) is 0.355. The Kier molecular flexibility index (Phi) is 10.9. The van der Waals surface area contributed by atoms with Gasteiger partial charge in [-0.25, -0.2) is 12.8 Å². The highest BCUT2D eigenvalue weighted by molar-refractivity contribution is 7.92. The number of sulfonamides is 1.